The molecule has 1 aromatic carbocycles. The molecule has 0 bridgehead atoms. The van der Waals surface area contributed by atoms with E-state index in [2.05, 4.69) is 5.32 Å². The van der Waals surface area contributed by atoms with E-state index >= 15 is 0 Å². The summed E-state index contributed by atoms with van der Waals surface area (Å²) in [6.07, 6.45) is 4.34. The van der Waals surface area contributed by atoms with Crippen molar-refractivity contribution < 1.29 is 4.79 Å². The molecule has 5 nitrogen and oxygen atoms in total. The van der Waals surface area contributed by atoms with Gasteiger partial charge in [-0.1, -0.05) is 42.1 Å². The lowest BCUT2D eigenvalue weighted by atomic mass is 9.97. The number of amides is 1. The number of aryl methyl sites for hydroxylation is 2. The molecule has 0 spiro atoms. The first-order valence-corrected chi connectivity index (χ1v) is 10.9. The lowest BCUT2D eigenvalue weighted by molar-refractivity contribution is -0.118. The monoisotopic (exact) mass is 399 g/mol. The first-order valence-electron chi connectivity index (χ1n) is 9.08. The third kappa shape index (κ3) is 3.80. The standard InChI is InChI=1S/C20H21N3O2S2/c1-23-19(25)17-14-9-5-6-10-15(14)27-18(17)22-20(23)26-12-16(24)21-11-13-7-3-2-4-8-13/h2-4,7-8H,5-6,9-12H2,1H3,(H,21,24). The number of nitrogens with one attached hydrogen (secondary N) is 1. The predicted molar refractivity (Wildman–Crippen MR) is 111 cm³/mol. The number of benzene rings is 1. The molecule has 2 heterocycles. The number of hydrogen-bond acceptors (Lipinski definition) is 5. The second-order valence-electron chi connectivity index (χ2n) is 6.70. The quantitative estimate of drug-likeness (QED) is 0.528. The van der Waals surface area contributed by atoms with Gasteiger partial charge in [-0.3, -0.25) is 14.2 Å². The highest BCUT2D eigenvalue weighted by molar-refractivity contribution is 7.99. The summed E-state index contributed by atoms with van der Waals surface area (Å²) in [6, 6.07) is 9.81. The molecule has 0 saturated carbocycles. The highest BCUT2D eigenvalue weighted by Crippen LogP contribution is 2.34. The maximum atomic E-state index is 12.9. The molecule has 0 unspecified atom stereocenters. The minimum Gasteiger partial charge on any atom is -0.351 e. The van der Waals surface area contributed by atoms with Crippen LogP contribution in [-0.2, 0) is 31.2 Å². The van der Waals surface area contributed by atoms with E-state index in [0.717, 1.165) is 35.0 Å². The Morgan fingerprint density at radius 3 is 2.85 bits per heavy atom. The van der Waals surface area contributed by atoms with Crippen molar-refractivity contribution in [2.75, 3.05) is 5.75 Å². The fourth-order valence-electron chi connectivity index (χ4n) is 3.37. The average Bonchev–Trinajstić information content (AvgIpc) is 3.07. The normalized spacial score (nSPS) is 13.5. The van der Waals surface area contributed by atoms with E-state index in [1.807, 2.05) is 30.3 Å². The van der Waals surface area contributed by atoms with Crippen LogP contribution >= 0.6 is 23.1 Å². The summed E-state index contributed by atoms with van der Waals surface area (Å²) in [5, 5.41) is 4.29. The Morgan fingerprint density at radius 2 is 2.04 bits per heavy atom. The highest BCUT2D eigenvalue weighted by atomic mass is 32.2. The molecule has 0 atom stereocenters. The van der Waals surface area contributed by atoms with Gasteiger partial charge in [0.1, 0.15) is 4.83 Å². The maximum Gasteiger partial charge on any atom is 0.262 e. The Hall–Kier alpha value is -2.12. The van der Waals surface area contributed by atoms with Gasteiger partial charge in [-0.25, -0.2) is 4.98 Å². The minimum absolute atomic E-state index is 0.00611. The fourth-order valence-corrected chi connectivity index (χ4v) is 5.48. The SMILES string of the molecule is Cn1c(SCC(=O)NCc2ccccc2)nc2sc3c(c2c1=O)CCCC3. The molecule has 1 aliphatic carbocycles. The molecule has 0 radical (unpaired) electrons. The van der Waals surface area contributed by atoms with Crippen LogP contribution in [-0.4, -0.2) is 21.2 Å². The molecule has 0 aliphatic heterocycles. The lowest BCUT2D eigenvalue weighted by Crippen LogP contribution is -2.26. The van der Waals surface area contributed by atoms with Crippen LogP contribution in [0.5, 0.6) is 0 Å². The highest BCUT2D eigenvalue weighted by Gasteiger charge is 2.21. The molecule has 140 valence electrons. The number of aromatic nitrogens is 2. The number of nitrogens with zero attached hydrogens (tertiary/aromatic N) is 2. The summed E-state index contributed by atoms with van der Waals surface area (Å²) in [7, 11) is 1.74. The number of fused-ring (bicyclic) bond motifs is 3. The van der Waals surface area contributed by atoms with Gasteiger partial charge in [0.05, 0.1) is 11.1 Å². The molecular formula is C20H21N3O2S2. The van der Waals surface area contributed by atoms with Crippen molar-refractivity contribution in [2.24, 2.45) is 7.05 Å². The summed E-state index contributed by atoms with van der Waals surface area (Å²) < 4.78 is 1.58. The molecule has 27 heavy (non-hydrogen) atoms. The predicted octanol–water partition coefficient (Wildman–Crippen LogP) is 3.28. The summed E-state index contributed by atoms with van der Waals surface area (Å²) in [5.41, 5.74) is 2.27. The molecular weight excluding hydrogens is 378 g/mol. The molecule has 1 N–H and O–H groups in total. The molecule has 1 aliphatic rings. The molecule has 0 fully saturated rings. The first-order chi connectivity index (χ1) is 13.1. The van der Waals surface area contributed by atoms with E-state index in [1.165, 1.54) is 28.6 Å². The van der Waals surface area contributed by atoms with Crippen molar-refractivity contribution in [1.29, 1.82) is 0 Å². The van der Waals surface area contributed by atoms with Crippen LogP contribution in [0.4, 0.5) is 0 Å². The Bertz CT molecular complexity index is 1040. The van der Waals surface area contributed by atoms with E-state index in [4.69, 9.17) is 4.98 Å². The van der Waals surface area contributed by atoms with Crippen LogP contribution in [0.25, 0.3) is 10.2 Å². The van der Waals surface area contributed by atoms with E-state index in [1.54, 1.807) is 23.0 Å². The fraction of sp³-hybridized carbons (Fsp3) is 0.350. The molecule has 2 aromatic heterocycles. The molecule has 4 rings (SSSR count). The van der Waals surface area contributed by atoms with Gasteiger partial charge in [0.25, 0.3) is 5.56 Å². The van der Waals surface area contributed by atoms with Gasteiger partial charge >= 0.3 is 0 Å². The molecule has 0 saturated heterocycles. The Kier molecular flexibility index (Phi) is 5.31. The largest absolute Gasteiger partial charge is 0.351 e. The van der Waals surface area contributed by atoms with Crippen LogP contribution in [0.1, 0.15) is 28.8 Å². The first kappa shape index (κ1) is 18.3. The molecule has 3 aromatic rings. The number of carbonyl (C=O) groups is 1. The number of hydrogen-bond donors (Lipinski definition) is 1. The van der Waals surface area contributed by atoms with E-state index in [9.17, 15) is 9.59 Å². The lowest BCUT2D eigenvalue weighted by Gasteiger charge is -2.11. The third-order valence-electron chi connectivity index (χ3n) is 4.82. The third-order valence-corrected chi connectivity index (χ3v) is 7.04. The van der Waals surface area contributed by atoms with Gasteiger partial charge in [0, 0.05) is 18.5 Å². The van der Waals surface area contributed by atoms with Crippen LogP contribution in [0.2, 0.25) is 0 Å². The zero-order chi connectivity index (χ0) is 18.8. The van der Waals surface area contributed by atoms with Gasteiger partial charge in [0.15, 0.2) is 5.16 Å². The van der Waals surface area contributed by atoms with E-state index < -0.39 is 0 Å². The number of thiophene rings is 1. The number of carbonyl (C=O) groups excluding carboxylic acids is 1. The zero-order valence-electron chi connectivity index (χ0n) is 15.2. The molecule has 7 heteroatoms. The van der Waals surface area contributed by atoms with E-state index in [0.29, 0.717) is 11.7 Å². The summed E-state index contributed by atoms with van der Waals surface area (Å²) >= 11 is 2.95. The van der Waals surface area contributed by atoms with Gasteiger partial charge < -0.3 is 5.32 Å². The van der Waals surface area contributed by atoms with Crippen LogP contribution < -0.4 is 10.9 Å². The Balaban J connectivity index is 1.48. The summed E-state index contributed by atoms with van der Waals surface area (Å²) in [6.45, 7) is 0.503. The van der Waals surface area contributed by atoms with Crippen LogP contribution in [0.3, 0.4) is 0 Å². The Morgan fingerprint density at radius 1 is 1.26 bits per heavy atom. The van der Waals surface area contributed by atoms with Gasteiger partial charge in [0.2, 0.25) is 5.91 Å². The topological polar surface area (TPSA) is 64.0 Å². The van der Waals surface area contributed by atoms with Crippen molar-refractivity contribution in [1.82, 2.24) is 14.9 Å². The zero-order valence-corrected chi connectivity index (χ0v) is 16.8. The molecule has 1 amide bonds. The summed E-state index contributed by atoms with van der Waals surface area (Å²) in [4.78, 5) is 31.8. The van der Waals surface area contributed by atoms with Crippen molar-refractivity contribution in [3.63, 3.8) is 0 Å². The van der Waals surface area contributed by atoms with Gasteiger partial charge in [-0.15, -0.1) is 11.3 Å². The maximum absolute atomic E-state index is 12.9. The summed E-state index contributed by atoms with van der Waals surface area (Å²) in [5.74, 6) is 0.174. The Labute approximate surface area is 165 Å². The van der Waals surface area contributed by atoms with Crippen molar-refractivity contribution >= 4 is 39.2 Å². The second-order valence-corrected chi connectivity index (χ2v) is 8.73. The minimum atomic E-state index is -0.0660. The van der Waals surface area contributed by atoms with Crippen LogP contribution in [0, 0.1) is 0 Å². The van der Waals surface area contributed by atoms with Gasteiger partial charge in [-0.2, -0.15) is 0 Å². The number of rotatable bonds is 5. The van der Waals surface area contributed by atoms with Crippen molar-refractivity contribution in [3.8, 4) is 0 Å². The number of thioether (sulfide) groups is 1. The van der Waals surface area contributed by atoms with E-state index in [-0.39, 0.29) is 17.2 Å². The van der Waals surface area contributed by atoms with Gasteiger partial charge in [-0.05, 0) is 36.8 Å². The second kappa shape index (κ2) is 7.86. The van der Waals surface area contributed by atoms with Crippen LogP contribution in [0.15, 0.2) is 40.3 Å². The average molecular weight is 400 g/mol. The smallest absolute Gasteiger partial charge is 0.262 e. The van der Waals surface area contributed by atoms with Crippen molar-refractivity contribution in [2.45, 2.75) is 37.4 Å². The van der Waals surface area contributed by atoms with Crippen molar-refractivity contribution in [3.05, 3.63) is 56.7 Å².